The number of anilines is 1. The maximum atomic E-state index is 12.5. The number of phenolic OH excluding ortho intramolecular Hbond substituents is 1. The van der Waals surface area contributed by atoms with Crippen LogP contribution in [-0.4, -0.2) is 40.8 Å². The number of methoxy groups -OCH3 is 2. The predicted molar refractivity (Wildman–Crippen MR) is 112 cm³/mol. The number of amides is 1. The van der Waals surface area contributed by atoms with Gasteiger partial charge < -0.3 is 19.9 Å². The van der Waals surface area contributed by atoms with E-state index in [-0.39, 0.29) is 16.9 Å². The van der Waals surface area contributed by atoms with Crippen molar-refractivity contribution in [2.45, 2.75) is 12.2 Å². The molecule has 0 radical (unpaired) electrons. The largest absolute Gasteiger partial charge is 0.502 e. The Bertz CT molecular complexity index is 1040. The number of aryl methyl sites for hydroxylation is 1. The zero-order valence-electron chi connectivity index (χ0n) is 16.3. The summed E-state index contributed by atoms with van der Waals surface area (Å²) in [6.45, 7) is 1.93. The lowest BCUT2D eigenvalue weighted by molar-refractivity contribution is -0.113. The first-order valence-electron chi connectivity index (χ1n) is 9.04. The van der Waals surface area contributed by atoms with Gasteiger partial charge in [-0.1, -0.05) is 18.2 Å². The van der Waals surface area contributed by atoms with Gasteiger partial charge in [-0.05, 0) is 36.8 Å². The van der Waals surface area contributed by atoms with Crippen LogP contribution in [0.1, 0.15) is 22.1 Å². The fraction of sp³-hybridized carbons (Fsp3) is 0.238. The van der Waals surface area contributed by atoms with E-state index in [1.807, 2.05) is 37.3 Å². The Morgan fingerprint density at radius 3 is 2.45 bits per heavy atom. The van der Waals surface area contributed by atoms with E-state index in [1.165, 1.54) is 26.0 Å². The molecule has 150 valence electrons. The lowest BCUT2D eigenvalue weighted by Crippen LogP contribution is -2.15. The number of carbonyl (C=O) groups excluding carboxylic acids is 1. The molecular formula is C21H21N3O4S. The predicted octanol–water partition coefficient (Wildman–Crippen LogP) is 3.68. The number of thioether (sulfide) groups is 1. The quantitative estimate of drug-likeness (QED) is 0.681. The number of hydrogen-bond acceptors (Lipinski definition) is 6. The van der Waals surface area contributed by atoms with Crippen molar-refractivity contribution in [1.29, 1.82) is 0 Å². The van der Waals surface area contributed by atoms with Gasteiger partial charge in [0, 0.05) is 5.56 Å². The molecule has 0 saturated carbocycles. The van der Waals surface area contributed by atoms with Gasteiger partial charge in [-0.3, -0.25) is 4.79 Å². The summed E-state index contributed by atoms with van der Waals surface area (Å²) in [4.78, 5) is 12.5. The number of nitrogens with one attached hydrogen (secondary N) is 1. The lowest BCUT2D eigenvalue weighted by Gasteiger charge is -2.18. The van der Waals surface area contributed by atoms with Gasteiger partial charge in [-0.25, -0.2) is 4.68 Å². The Morgan fingerprint density at radius 2 is 1.83 bits per heavy atom. The van der Waals surface area contributed by atoms with Crippen LogP contribution in [0.5, 0.6) is 17.2 Å². The second kappa shape index (κ2) is 7.71. The minimum absolute atomic E-state index is 0.0523. The molecule has 29 heavy (non-hydrogen) atoms. The molecule has 4 rings (SSSR count). The number of phenols is 1. The van der Waals surface area contributed by atoms with Gasteiger partial charge in [0.1, 0.15) is 5.82 Å². The molecule has 1 amide bonds. The molecule has 0 saturated heterocycles. The minimum atomic E-state index is -0.190. The summed E-state index contributed by atoms with van der Waals surface area (Å²) < 4.78 is 12.4. The lowest BCUT2D eigenvalue weighted by atomic mass is 10.0. The molecule has 1 aliphatic rings. The van der Waals surface area contributed by atoms with Crippen molar-refractivity contribution in [3.05, 3.63) is 59.3 Å². The number of fused-ring (bicyclic) bond motifs is 1. The fourth-order valence-electron chi connectivity index (χ4n) is 3.47. The number of ether oxygens (including phenoxy) is 2. The summed E-state index contributed by atoms with van der Waals surface area (Å²) in [6, 6.07) is 13.2. The van der Waals surface area contributed by atoms with E-state index >= 15 is 0 Å². The van der Waals surface area contributed by atoms with Crippen LogP contribution >= 0.6 is 11.8 Å². The number of rotatable bonds is 4. The van der Waals surface area contributed by atoms with Crippen molar-refractivity contribution in [3.8, 4) is 22.9 Å². The second-order valence-electron chi connectivity index (χ2n) is 6.61. The second-order valence-corrected chi connectivity index (χ2v) is 7.70. The number of benzene rings is 2. The van der Waals surface area contributed by atoms with E-state index < -0.39 is 0 Å². The average molecular weight is 411 g/mol. The third kappa shape index (κ3) is 3.40. The van der Waals surface area contributed by atoms with Crippen LogP contribution in [0.15, 0.2) is 42.5 Å². The first-order chi connectivity index (χ1) is 14.0. The van der Waals surface area contributed by atoms with Crippen molar-refractivity contribution in [3.63, 3.8) is 0 Å². The molecule has 0 aliphatic carbocycles. The Labute approximate surface area is 172 Å². The average Bonchev–Trinajstić information content (AvgIpc) is 2.94. The summed E-state index contributed by atoms with van der Waals surface area (Å²) in [5, 5.41) is 17.8. The zero-order chi connectivity index (χ0) is 20.5. The number of aromatic hydroxyl groups is 1. The highest BCUT2D eigenvalue weighted by molar-refractivity contribution is 8.00. The van der Waals surface area contributed by atoms with Crippen LogP contribution < -0.4 is 14.8 Å². The highest BCUT2D eigenvalue weighted by Gasteiger charge is 2.31. The Hall–Kier alpha value is -3.13. The van der Waals surface area contributed by atoms with Gasteiger partial charge in [0.25, 0.3) is 0 Å². The van der Waals surface area contributed by atoms with Gasteiger partial charge in [0.2, 0.25) is 11.7 Å². The number of para-hydroxylation sites is 1. The van der Waals surface area contributed by atoms with E-state index in [4.69, 9.17) is 14.6 Å². The molecule has 0 bridgehead atoms. The van der Waals surface area contributed by atoms with E-state index in [0.717, 1.165) is 22.5 Å². The molecule has 0 unspecified atom stereocenters. The molecular weight excluding hydrogens is 390 g/mol. The van der Waals surface area contributed by atoms with Crippen LogP contribution in [0.2, 0.25) is 0 Å². The molecule has 7 nitrogen and oxygen atoms in total. The molecule has 1 aliphatic heterocycles. The fourth-order valence-corrected chi connectivity index (χ4v) is 4.64. The van der Waals surface area contributed by atoms with Crippen LogP contribution in [-0.2, 0) is 4.79 Å². The van der Waals surface area contributed by atoms with Gasteiger partial charge in [-0.15, -0.1) is 11.8 Å². The Kier molecular flexibility index (Phi) is 5.10. The highest BCUT2D eigenvalue weighted by atomic mass is 32.2. The zero-order valence-corrected chi connectivity index (χ0v) is 17.1. The maximum absolute atomic E-state index is 12.5. The summed E-state index contributed by atoms with van der Waals surface area (Å²) in [5.74, 6) is 1.44. The normalized spacial score (nSPS) is 16.0. The number of carbonyl (C=O) groups is 1. The van der Waals surface area contributed by atoms with Crippen LogP contribution in [0.3, 0.4) is 0 Å². The van der Waals surface area contributed by atoms with Crippen molar-refractivity contribution < 1.29 is 19.4 Å². The summed E-state index contributed by atoms with van der Waals surface area (Å²) in [6.07, 6.45) is 0. The number of nitrogens with zero attached hydrogens (tertiary/aromatic N) is 2. The Morgan fingerprint density at radius 1 is 1.17 bits per heavy atom. The van der Waals surface area contributed by atoms with Crippen molar-refractivity contribution in [2.75, 3.05) is 25.3 Å². The molecule has 2 heterocycles. The first kappa shape index (κ1) is 19.2. The van der Waals surface area contributed by atoms with E-state index in [0.29, 0.717) is 23.1 Å². The molecule has 0 spiro atoms. The van der Waals surface area contributed by atoms with Crippen LogP contribution in [0.25, 0.3) is 5.69 Å². The van der Waals surface area contributed by atoms with Crippen LogP contribution in [0.4, 0.5) is 5.82 Å². The van der Waals surface area contributed by atoms with Crippen molar-refractivity contribution in [2.24, 2.45) is 0 Å². The number of hydrogen-bond donors (Lipinski definition) is 2. The SMILES string of the molecule is COc1cc([C@@H]2SCC(=O)Nc3c2c(C)nn3-c2ccccc2)cc(OC)c1O. The number of aromatic nitrogens is 2. The molecule has 0 fully saturated rings. The Balaban J connectivity index is 1.91. The smallest absolute Gasteiger partial charge is 0.235 e. The molecule has 2 N–H and O–H groups in total. The molecule has 2 aromatic carbocycles. The van der Waals surface area contributed by atoms with Gasteiger partial charge in [0.15, 0.2) is 11.5 Å². The third-order valence-corrected chi connectivity index (χ3v) is 6.08. The molecule has 1 aromatic heterocycles. The molecule has 8 heteroatoms. The summed E-state index contributed by atoms with van der Waals surface area (Å²) >= 11 is 1.50. The van der Waals surface area contributed by atoms with E-state index in [2.05, 4.69) is 5.32 Å². The maximum Gasteiger partial charge on any atom is 0.235 e. The summed E-state index contributed by atoms with van der Waals surface area (Å²) in [5.41, 5.74) is 3.45. The van der Waals surface area contributed by atoms with Crippen molar-refractivity contribution in [1.82, 2.24) is 9.78 Å². The van der Waals surface area contributed by atoms with E-state index in [1.54, 1.807) is 16.8 Å². The molecule has 3 aromatic rings. The molecule has 1 atom stereocenters. The highest BCUT2D eigenvalue weighted by Crippen LogP contribution is 2.47. The summed E-state index contributed by atoms with van der Waals surface area (Å²) in [7, 11) is 2.99. The van der Waals surface area contributed by atoms with Gasteiger partial charge in [0.05, 0.1) is 36.6 Å². The van der Waals surface area contributed by atoms with Gasteiger partial charge >= 0.3 is 0 Å². The first-order valence-corrected chi connectivity index (χ1v) is 10.1. The van der Waals surface area contributed by atoms with E-state index in [9.17, 15) is 9.90 Å². The monoisotopic (exact) mass is 411 g/mol. The topological polar surface area (TPSA) is 85.6 Å². The minimum Gasteiger partial charge on any atom is -0.502 e. The van der Waals surface area contributed by atoms with Gasteiger partial charge in [-0.2, -0.15) is 5.10 Å². The van der Waals surface area contributed by atoms with Crippen LogP contribution in [0, 0.1) is 6.92 Å². The van der Waals surface area contributed by atoms with Crippen molar-refractivity contribution >= 4 is 23.5 Å². The standard InChI is InChI=1S/C21H21N3O4S/c1-12-18-20(13-9-15(27-2)19(26)16(10-13)28-3)29-11-17(25)22-21(18)24(23-12)14-7-5-4-6-8-14/h4-10,20,26H,11H2,1-3H3,(H,22,25)/t20-/m0/s1. The third-order valence-electron chi connectivity index (χ3n) is 4.81.